The molecule has 2 atom stereocenters. The van der Waals surface area contributed by atoms with Gasteiger partial charge in [-0.25, -0.2) is 4.79 Å². The zero-order valence-electron chi connectivity index (χ0n) is 14.5. The fourth-order valence-corrected chi connectivity index (χ4v) is 2.79. The molecule has 2 rings (SSSR count). The number of nitrogens with one attached hydrogen (secondary N) is 1. The maximum atomic E-state index is 12.3. The van der Waals surface area contributed by atoms with Crippen molar-refractivity contribution in [1.29, 1.82) is 0 Å². The molecule has 1 aliphatic rings. The number of hydrogen-bond acceptors (Lipinski definition) is 3. The molecule has 0 aliphatic carbocycles. The van der Waals surface area contributed by atoms with E-state index < -0.39 is 6.10 Å². The number of benzene rings is 1. The summed E-state index contributed by atoms with van der Waals surface area (Å²) >= 11 is 0. The van der Waals surface area contributed by atoms with Crippen LogP contribution in [0.1, 0.15) is 32.8 Å². The lowest BCUT2D eigenvalue weighted by atomic mass is 9.84. The highest BCUT2D eigenvalue weighted by Crippen LogP contribution is 2.26. The summed E-state index contributed by atoms with van der Waals surface area (Å²) in [7, 11) is 1.65. The van der Waals surface area contributed by atoms with Gasteiger partial charge in [-0.05, 0) is 30.0 Å². The van der Waals surface area contributed by atoms with E-state index in [4.69, 9.17) is 4.74 Å². The van der Waals surface area contributed by atoms with Crippen LogP contribution in [0.25, 0.3) is 0 Å². The minimum atomic E-state index is -0.430. The average molecular weight is 320 g/mol. The van der Waals surface area contributed by atoms with Crippen LogP contribution in [-0.4, -0.2) is 48.9 Å². The standard InChI is InChI=1S/C18H28N2O3/c1-13-8-9-20(11-16(13)21)17(22)19-12-18(2,3)14-6-5-7-15(10-14)23-4/h5-7,10,13,16,21H,8-9,11-12H2,1-4H3,(H,19,22). The molecular weight excluding hydrogens is 292 g/mol. The van der Waals surface area contributed by atoms with E-state index >= 15 is 0 Å². The smallest absolute Gasteiger partial charge is 0.317 e. The van der Waals surface area contributed by atoms with Crippen molar-refractivity contribution in [3.63, 3.8) is 0 Å². The Morgan fingerprint density at radius 3 is 2.87 bits per heavy atom. The number of rotatable bonds is 4. The number of likely N-dealkylation sites (tertiary alicyclic amines) is 1. The third kappa shape index (κ3) is 4.38. The number of hydrogen-bond donors (Lipinski definition) is 2. The molecule has 5 nitrogen and oxygen atoms in total. The van der Waals surface area contributed by atoms with Gasteiger partial charge in [-0.2, -0.15) is 0 Å². The van der Waals surface area contributed by atoms with Gasteiger partial charge in [-0.3, -0.25) is 0 Å². The fourth-order valence-electron chi connectivity index (χ4n) is 2.79. The number of amides is 2. The highest BCUT2D eigenvalue weighted by molar-refractivity contribution is 5.74. The Hall–Kier alpha value is -1.75. The quantitative estimate of drug-likeness (QED) is 0.895. The van der Waals surface area contributed by atoms with Gasteiger partial charge in [-0.1, -0.05) is 32.9 Å². The number of β-amino-alcohol motifs (C(OH)–C–C–N with tert-alkyl or cyclic N) is 1. The number of carbonyl (C=O) groups is 1. The molecule has 0 radical (unpaired) electrons. The second kappa shape index (κ2) is 7.21. The van der Waals surface area contributed by atoms with E-state index in [-0.39, 0.29) is 17.4 Å². The van der Waals surface area contributed by atoms with Gasteiger partial charge in [0.15, 0.2) is 0 Å². The van der Waals surface area contributed by atoms with Gasteiger partial charge in [0.05, 0.1) is 13.2 Å². The van der Waals surface area contributed by atoms with E-state index in [0.717, 1.165) is 17.7 Å². The first-order chi connectivity index (χ1) is 10.8. The van der Waals surface area contributed by atoms with Crippen molar-refractivity contribution < 1.29 is 14.6 Å². The van der Waals surface area contributed by atoms with Crippen LogP contribution >= 0.6 is 0 Å². The maximum absolute atomic E-state index is 12.3. The van der Waals surface area contributed by atoms with E-state index in [0.29, 0.717) is 19.6 Å². The summed E-state index contributed by atoms with van der Waals surface area (Å²) in [6.07, 6.45) is 0.411. The molecule has 23 heavy (non-hydrogen) atoms. The van der Waals surface area contributed by atoms with Crippen LogP contribution in [-0.2, 0) is 5.41 Å². The van der Waals surface area contributed by atoms with Crippen LogP contribution in [0.15, 0.2) is 24.3 Å². The molecule has 1 saturated heterocycles. The van der Waals surface area contributed by atoms with Gasteiger partial charge >= 0.3 is 6.03 Å². The van der Waals surface area contributed by atoms with Gasteiger partial charge in [0.1, 0.15) is 5.75 Å². The minimum Gasteiger partial charge on any atom is -0.497 e. The third-order valence-electron chi connectivity index (χ3n) is 4.74. The lowest BCUT2D eigenvalue weighted by Gasteiger charge is -2.35. The second-order valence-electron chi connectivity index (χ2n) is 7.05. The number of piperidine rings is 1. The van der Waals surface area contributed by atoms with Crippen LogP contribution in [0.3, 0.4) is 0 Å². The van der Waals surface area contributed by atoms with Crippen molar-refractivity contribution in [2.75, 3.05) is 26.7 Å². The molecule has 0 spiro atoms. The van der Waals surface area contributed by atoms with E-state index in [1.165, 1.54) is 0 Å². The van der Waals surface area contributed by atoms with Crippen LogP contribution < -0.4 is 10.1 Å². The highest BCUT2D eigenvalue weighted by Gasteiger charge is 2.28. The number of aliphatic hydroxyl groups is 1. The van der Waals surface area contributed by atoms with Crippen molar-refractivity contribution in [3.8, 4) is 5.75 Å². The molecule has 1 aromatic carbocycles. The van der Waals surface area contributed by atoms with Crippen molar-refractivity contribution in [1.82, 2.24) is 10.2 Å². The Morgan fingerprint density at radius 1 is 1.48 bits per heavy atom. The van der Waals surface area contributed by atoms with E-state index in [2.05, 4.69) is 19.2 Å². The van der Waals surface area contributed by atoms with Crippen LogP contribution in [0.5, 0.6) is 5.75 Å². The summed E-state index contributed by atoms with van der Waals surface area (Å²) < 4.78 is 5.27. The first kappa shape index (κ1) is 17.6. The molecule has 0 bridgehead atoms. The lowest BCUT2D eigenvalue weighted by molar-refractivity contribution is 0.0434. The zero-order valence-corrected chi connectivity index (χ0v) is 14.5. The number of ether oxygens (including phenoxy) is 1. The molecule has 5 heteroatoms. The molecule has 2 unspecified atom stereocenters. The summed E-state index contributed by atoms with van der Waals surface area (Å²) in [5.74, 6) is 1.07. The highest BCUT2D eigenvalue weighted by atomic mass is 16.5. The molecule has 0 saturated carbocycles. The van der Waals surface area contributed by atoms with E-state index in [1.54, 1.807) is 12.0 Å². The number of urea groups is 1. The number of aliphatic hydroxyl groups excluding tert-OH is 1. The van der Waals surface area contributed by atoms with Gasteiger partial charge in [0.2, 0.25) is 0 Å². The molecule has 0 aromatic heterocycles. The monoisotopic (exact) mass is 320 g/mol. The second-order valence-corrected chi connectivity index (χ2v) is 7.05. The fraction of sp³-hybridized carbons (Fsp3) is 0.611. The maximum Gasteiger partial charge on any atom is 0.317 e. The van der Waals surface area contributed by atoms with Crippen molar-refractivity contribution in [2.24, 2.45) is 5.92 Å². The van der Waals surface area contributed by atoms with Gasteiger partial charge in [0.25, 0.3) is 0 Å². The average Bonchev–Trinajstić information content (AvgIpc) is 2.55. The topological polar surface area (TPSA) is 61.8 Å². The molecule has 1 heterocycles. The summed E-state index contributed by atoms with van der Waals surface area (Å²) in [5.41, 5.74) is 0.913. The molecule has 1 aromatic rings. The number of nitrogens with zero attached hydrogens (tertiary/aromatic N) is 1. The predicted octanol–water partition coefficient (Wildman–Crippen LogP) is 2.39. The van der Waals surface area contributed by atoms with Gasteiger partial charge in [-0.15, -0.1) is 0 Å². The molecule has 1 fully saturated rings. The number of methoxy groups -OCH3 is 1. The minimum absolute atomic E-state index is 0.105. The van der Waals surface area contributed by atoms with Crippen molar-refractivity contribution in [2.45, 2.75) is 38.7 Å². The predicted molar refractivity (Wildman–Crippen MR) is 90.8 cm³/mol. The largest absolute Gasteiger partial charge is 0.497 e. The molecular formula is C18H28N2O3. The summed E-state index contributed by atoms with van der Waals surface area (Å²) in [6, 6.07) is 7.81. The third-order valence-corrected chi connectivity index (χ3v) is 4.74. The summed E-state index contributed by atoms with van der Waals surface area (Å²) in [6.45, 7) is 7.84. The van der Waals surface area contributed by atoms with E-state index in [1.807, 2.05) is 31.2 Å². The normalized spacial score (nSPS) is 21.9. The Balaban J connectivity index is 1.94. The van der Waals surface area contributed by atoms with E-state index in [9.17, 15) is 9.90 Å². The lowest BCUT2D eigenvalue weighted by Crippen LogP contribution is -2.51. The first-order valence-electron chi connectivity index (χ1n) is 8.19. The Bertz CT molecular complexity index is 545. The molecule has 2 amide bonds. The Morgan fingerprint density at radius 2 is 2.22 bits per heavy atom. The summed E-state index contributed by atoms with van der Waals surface area (Å²) in [5, 5.41) is 12.9. The van der Waals surface area contributed by atoms with Crippen LogP contribution in [0.2, 0.25) is 0 Å². The van der Waals surface area contributed by atoms with Gasteiger partial charge < -0.3 is 20.1 Å². The van der Waals surface area contributed by atoms with Gasteiger partial charge in [0, 0.05) is 25.0 Å². The number of carbonyl (C=O) groups excluding carboxylic acids is 1. The van der Waals surface area contributed by atoms with Crippen LogP contribution in [0, 0.1) is 5.92 Å². The van der Waals surface area contributed by atoms with Crippen LogP contribution in [0.4, 0.5) is 4.79 Å². The SMILES string of the molecule is COc1cccc(C(C)(C)CNC(=O)N2CCC(C)C(O)C2)c1. The molecule has 2 N–H and O–H groups in total. The Kier molecular flexibility index (Phi) is 5.52. The van der Waals surface area contributed by atoms with Crippen molar-refractivity contribution >= 4 is 6.03 Å². The first-order valence-corrected chi connectivity index (χ1v) is 8.19. The zero-order chi connectivity index (χ0) is 17.0. The molecule has 128 valence electrons. The Labute approximate surface area is 138 Å². The summed E-state index contributed by atoms with van der Waals surface area (Å²) in [4.78, 5) is 14.0. The molecule has 1 aliphatic heterocycles. The van der Waals surface area contributed by atoms with Crippen molar-refractivity contribution in [3.05, 3.63) is 29.8 Å².